The van der Waals surface area contributed by atoms with E-state index in [1.165, 1.54) is 24.0 Å². The number of rotatable bonds is 7. The van der Waals surface area contributed by atoms with Gasteiger partial charge in [-0.2, -0.15) is 0 Å². The van der Waals surface area contributed by atoms with Gasteiger partial charge in [-0.3, -0.25) is 4.90 Å². The molecule has 1 N–H and O–H groups in total. The first-order valence-corrected chi connectivity index (χ1v) is 12.7. The number of nitrogens with zero attached hydrogens (tertiary/aromatic N) is 2. The number of carbonyl (C=O) groups excluding carboxylic acids is 2. The fourth-order valence-electron chi connectivity index (χ4n) is 5.92. The quantitative estimate of drug-likeness (QED) is 0.615. The van der Waals surface area contributed by atoms with Gasteiger partial charge in [0, 0.05) is 50.4 Å². The summed E-state index contributed by atoms with van der Waals surface area (Å²) in [5.41, 5.74) is 8.03. The van der Waals surface area contributed by atoms with E-state index < -0.39 is 6.10 Å². The van der Waals surface area contributed by atoms with Gasteiger partial charge < -0.3 is 19.5 Å². The van der Waals surface area contributed by atoms with Crippen LogP contribution in [0, 0.1) is 6.92 Å². The summed E-state index contributed by atoms with van der Waals surface area (Å²) in [5.74, 6) is 0.148. The van der Waals surface area contributed by atoms with Crippen molar-refractivity contribution in [2.75, 3.05) is 39.3 Å². The average Bonchev–Trinajstić information content (AvgIpc) is 3.53. The Morgan fingerprint density at radius 1 is 0.914 bits per heavy atom. The second kappa shape index (κ2) is 9.04. The molecule has 0 bridgehead atoms. The number of fused-ring (bicyclic) bond motifs is 2. The van der Waals surface area contributed by atoms with Crippen LogP contribution in [-0.4, -0.2) is 66.1 Å². The van der Waals surface area contributed by atoms with Crippen molar-refractivity contribution in [2.24, 2.45) is 0 Å². The SMILES string of the molecule is Cc1c([C@@H](O)CN2CCN(CCc3ccc4c(c3C3CC3)COC4=O)CC2)ccc2c1COC2=O. The molecule has 1 saturated heterocycles. The number of benzene rings is 2. The van der Waals surface area contributed by atoms with Gasteiger partial charge in [0.15, 0.2) is 0 Å². The number of aliphatic hydroxyl groups is 1. The van der Waals surface area contributed by atoms with Gasteiger partial charge in [-0.15, -0.1) is 0 Å². The minimum Gasteiger partial charge on any atom is -0.457 e. The van der Waals surface area contributed by atoms with Gasteiger partial charge in [-0.05, 0) is 66.5 Å². The van der Waals surface area contributed by atoms with Crippen LogP contribution < -0.4 is 0 Å². The second-order valence-corrected chi connectivity index (χ2v) is 10.3. The first kappa shape index (κ1) is 22.7. The lowest BCUT2D eigenvalue weighted by Crippen LogP contribution is -2.48. The van der Waals surface area contributed by atoms with E-state index in [4.69, 9.17) is 9.47 Å². The molecule has 3 aliphatic heterocycles. The van der Waals surface area contributed by atoms with Gasteiger partial charge in [0.2, 0.25) is 0 Å². The summed E-state index contributed by atoms with van der Waals surface area (Å²) in [6.07, 6.45) is 2.84. The summed E-state index contributed by atoms with van der Waals surface area (Å²) < 4.78 is 10.5. The van der Waals surface area contributed by atoms with Crippen LogP contribution in [0.5, 0.6) is 0 Å². The van der Waals surface area contributed by atoms with E-state index in [1.54, 1.807) is 6.07 Å². The van der Waals surface area contributed by atoms with Gasteiger partial charge in [0.25, 0.3) is 0 Å². The number of cyclic esters (lactones) is 2. The maximum Gasteiger partial charge on any atom is 0.338 e. The van der Waals surface area contributed by atoms with Gasteiger partial charge in [-0.1, -0.05) is 12.1 Å². The Morgan fingerprint density at radius 2 is 1.54 bits per heavy atom. The van der Waals surface area contributed by atoms with E-state index in [9.17, 15) is 14.7 Å². The maximum atomic E-state index is 12.0. The average molecular weight is 477 g/mol. The van der Waals surface area contributed by atoms with Crippen LogP contribution in [0.4, 0.5) is 0 Å². The van der Waals surface area contributed by atoms with E-state index in [-0.39, 0.29) is 11.9 Å². The monoisotopic (exact) mass is 476 g/mol. The standard InChI is InChI=1S/C28H32N2O5/c1-17-20(6-7-21-23(17)15-34-27(21)32)25(31)14-30-12-10-29(11-13-30)9-8-19-4-5-22-24(16-35-28(22)33)26(19)18-2-3-18/h4-7,18,25,31H,2-3,8-16H2,1H3/t25-/m0/s1. The van der Waals surface area contributed by atoms with Crippen molar-refractivity contribution in [3.63, 3.8) is 0 Å². The fourth-order valence-corrected chi connectivity index (χ4v) is 5.92. The predicted octanol–water partition coefficient (Wildman–Crippen LogP) is 3.11. The first-order chi connectivity index (χ1) is 17.0. The van der Waals surface area contributed by atoms with Crippen molar-refractivity contribution in [2.45, 2.75) is 51.4 Å². The molecule has 1 aliphatic carbocycles. The maximum absolute atomic E-state index is 12.0. The lowest BCUT2D eigenvalue weighted by molar-refractivity contribution is 0.0525. The highest BCUT2D eigenvalue weighted by molar-refractivity contribution is 5.94. The number of aliphatic hydroxyl groups excluding tert-OH is 1. The minimum atomic E-state index is -0.583. The molecule has 184 valence electrons. The molecule has 0 spiro atoms. The zero-order valence-corrected chi connectivity index (χ0v) is 20.2. The molecule has 0 unspecified atom stereocenters. The Balaban J connectivity index is 1.04. The van der Waals surface area contributed by atoms with Gasteiger partial charge >= 0.3 is 11.9 Å². The third-order valence-electron chi connectivity index (χ3n) is 8.16. The minimum absolute atomic E-state index is 0.177. The zero-order valence-electron chi connectivity index (χ0n) is 20.2. The Kier molecular flexibility index (Phi) is 5.87. The largest absolute Gasteiger partial charge is 0.457 e. The molecule has 7 nitrogen and oxygen atoms in total. The molecule has 2 fully saturated rings. The molecule has 1 atom stereocenters. The molecular weight excluding hydrogens is 444 g/mol. The molecule has 6 rings (SSSR count). The molecule has 2 aromatic carbocycles. The van der Waals surface area contributed by atoms with E-state index in [0.29, 0.717) is 31.2 Å². The van der Waals surface area contributed by atoms with Crippen molar-refractivity contribution in [1.29, 1.82) is 0 Å². The molecule has 0 aromatic heterocycles. The van der Waals surface area contributed by atoms with Crippen LogP contribution in [-0.2, 0) is 29.1 Å². The highest BCUT2D eigenvalue weighted by Gasteiger charge is 2.34. The Labute approximate surface area is 205 Å². The van der Waals surface area contributed by atoms with Gasteiger partial charge in [0.05, 0.1) is 17.2 Å². The second-order valence-electron chi connectivity index (χ2n) is 10.3. The summed E-state index contributed by atoms with van der Waals surface area (Å²) >= 11 is 0. The first-order valence-electron chi connectivity index (χ1n) is 12.7. The third kappa shape index (κ3) is 4.26. The van der Waals surface area contributed by atoms with Crippen molar-refractivity contribution >= 4 is 11.9 Å². The zero-order chi connectivity index (χ0) is 24.1. The normalized spacial score (nSPS) is 21.0. The molecule has 4 aliphatic rings. The van der Waals surface area contributed by atoms with Crippen molar-refractivity contribution in [1.82, 2.24) is 9.80 Å². The lowest BCUT2D eigenvalue weighted by Gasteiger charge is -2.36. The molecule has 7 heteroatoms. The Hall–Kier alpha value is -2.74. The summed E-state index contributed by atoms with van der Waals surface area (Å²) in [4.78, 5) is 28.6. The topological polar surface area (TPSA) is 79.3 Å². The molecular formula is C28H32N2O5. The molecule has 0 amide bonds. The number of hydrogen-bond donors (Lipinski definition) is 1. The number of ether oxygens (including phenoxy) is 2. The van der Waals surface area contributed by atoms with Crippen LogP contribution in [0.25, 0.3) is 0 Å². The molecule has 35 heavy (non-hydrogen) atoms. The summed E-state index contributed by atoms with van der Waals surface area (Å²) in [6.45, 7) is 8.09. The van der Waals surface area contributed by atoms with Crippen LogP contribution in [0.15, 0.2) is 24.3 Å². The van der Waals surface area contributed by atoms with Gasteiger partial charge in [-0.25, -0.2) is 9.59 Å². The van der Waals surface area contributed by atoms with Crippen molar-refractivity contribution in [3.8, 4) is 0 Å². The van der Waals surface area contributed by atoms with E-state index in [1.807, 2.05) is 19.1 Å². The number of esters is 2. The van der Waals surface area contributed by atoms with Gasteiger partial charge in [0.1, 0.15) is 13.2 Å². The van der Waals surface area contributed by atoms with Crippen LogP contribution in [0.2, 0.25) is 0 Å². The third-order valence-corrected chi connectivity index (χ3v) is 8.16. The Morgan fingerprint density at radius 3 is 2.26 bits per heavy atom. The summed E-state index contributed by atoms with van der Waals surface area (Å²) in [5, 5.41) is 10.9. The van der Waals surface area contributed by atoms with E-state index in [0.717, 1.165) is 67.0 Å². The highest BCUT2D eigenvalue weighted by Crippen LogP contribution is 2.45. The number of β-amino-alcohol motifs (C(OH)–C–C–N with tert-alkyl or cyclic N) is 1. The molecule has 0 radical (unpaired) electrons. The molecule has 2 aromatic rings. The van der Waals surface area contributed by atoms with Crippen LogP contribution in [0.3, 0.4) is 0 Å². The molecule has 1 saturated carbocycles. The van der Waals surface area contributed by atoms with Crippen molar-refractivity contribution in [3.05, 3.63) is 68.8 Å². The summed E-state index contributed by atoms with van der Waals surface area (Å²) in [6, 6.07) is 7.75. The number of hydrogen-bond acceptors (Lipinski definition) is 7. The highest BCUT2D eigenvalue weighted by atomic mass is 16.5. The summed E-state index contributed by atoms with van der Waals surface area (Å²) in [7, 11) is 0. The lowest BCUT2D eigenvalue weighted by atomic mass is 9.92. The molecule has 3 heterocycles. The van der Waals surface area contributed by atoms with Crippen LogP contribution in [0.1, 0.15) is 79.0 Å². The fraction of sp³-hybridized carbons (Fsp3) is 0.500. The number of carbonyl (C=O) groups is 2. The Bertz CT molecular complexity index is 1180. The smallest absolute Gasteiger partial charge is 0.338 e. The van der Waals surface area contributed by atoms with E-state index >= 15 is 0 Å². The van der Waals surface area contributed by atoms with Crippen LogP contribution >= 0.6 is 0 Å². The van der Waals surface area contributed by atoms with E-state index in [2.05, 4.69) is 15.9 Å². The van der Waals surface area contributed by atoms with Crippen molar-refractivity contribution < 1.29 is 24.2 Å². The number of piperazine rings is 1. The predicted molar refractivity (Wildman–Crippen MR) is 129 cm³/mol.